The van der Waals surface area contributed by atoms with Crippen molar-refractivity contribution in [3.8, 4) is 0 Å². The lowest BCUT2D eigenvalue weighted by Crippen LogP contribution is -2.12. The molecule has 82 valence electrons. The molecular formula is C11H17N3S. The van der Waals surface area contributed by atoms with Crippen molar-refractivity contribution in [3.05, 3.63) is 23.3 Å². The van der Waals surface area contributed by atoms with Crippen LogP contribution >= 0.6 is 11.8 Å². The van der Waals surface area contributed by atoms with Crippen molar-refractivity contribution in [2.75, 3.05) is 19.3 Å². The van der Waals surface area contributed by atoms with Crippen LogP contribution in [0, 0.1) is 0 Å². The minimum Gasteiger partial charge on any atom is -0.320 e. The maximum absolute atomic E-state index is 4.63. The molecule has 15 heavy (non-hydrogen) atoms. The number of aryl methyl sites for hydroxylation is 2. The molecule has 1 aromatic rings. The van der Waals surface area contributed by atoms with Crippen LogP contribution in [0.2, 0.25) is 0 Å². The summed E-state index contributed by atoms with van der Waals surface area (Å²) in [5.41, 5.74) is 2.62. The molecule has 2 rings (SSSR count). The maximum atomic E-state index is 4.63. The summed E-state index contributed by atoms with van der Waals surface area (Å²) in [4.78, 5) is 9.04. The number of fused-ring (bicyclic) bond motifs is 1. The molecule has 3 nitrogen and oxygen atoms in total. The van der Waals surface area contributed by atoms with E-state index in [4.69, 9.17) is 0 Å². The second-order valence-electron chi connectivity index (χ2n) is 3.77. The van der Waals surface area contributed by atoms with Crippen molar-refractivity contribution in [1.29, 1.82) is 0 Å². The van der Waals surface area contributed by atoms with Gasteiger partial charge in [0, 0.05) is 29.6 Å². The molecule has 0 spiro atoms. The fourth-order valence-electron chi connectivity index (χ4n) is 1.72. The molecule has 0 amide bonds. The van der Waals surface area contributed by atoms with Crippen LogP contribution in [0.1, 0.15) is 23.5 Å². The smallest absolute Gasteiger partial charge is 0.128 e. The third kappa shape index (κ3) is 2.92. The van der Waals surface area contributed by atoms with E-state index in [1.807, 2.05) is 25.0 Å². The SMILES string of the molecule is CNCCCc1ncc2c(n1)CCSC2. The molecule has 0 aromatic carbocycles. The Hall–Kier alpha value is -0.610. The van der Waals surface area contributed by atoms with Crippen LogP contribution in [0.25, 0.3) is 0 Å². The molecule has 0 bridgehead atoms. The van der Waals surface area contributed by atoms with E-state index in [9.17, 15) is 0 Å². The molecule has 4 heteroatoms. The van der Waals surface area contributed by atoms with Crippen molar-refractivity contribution in [2.24, 2.45) is 0 Å². The summed E-state index contributed by atoms with van der Waals surface area (Å²) in [5, 5.41) is 3.14. The molecule has 0 saturated carbocycles. The van der Waals surface area contributed by atoms with Gasteiger partial charge in [-0.3, -0.25) is 0 Å². The van der Waals surface area contributed by atoms with Crippen molar-refractivity contribution in [1.82, 2.24) is 15.3 Å². The highest BCUT2D eigenvalue weighted by Crippen LogP contribution is 2.22. The fraction of sp³-hybridized carbons (Fsp3) is 0.636. The topological polar surface area (TPSA) is 37.8 Å². The van der Waals surface area contributed by atoms with Crippen LogP contribution in [-0.4, -0.2) is 29.3 Å². The largest absolute Gasteiger partial charge is 0.320 e. The molecular weight excluding hydrogens is 206 g/mol. The number of aromatic nitrogens is 2. The molecule has 0 radical (unpaired) electrons. The molecule has 0 atom stereocenters. The zero-order valence-corrected chi connectivity index (χ0v) is 9.94. The zero-order valence-electron chi connectivity index (χ0n) is 9.12. The van der Waals surface area contributed by atoms with E-state index in [2.05, 4.69) is 15.3 Å². The first-order valence-corrected chi connectivity index (χ1v) is 6.61. The normalized spacial score (nSPS) is 15.0. The Kier molecular flexibility index (Phi) is 3.97. The Morgan fingerprint density at radius 1 is 1.53 bits per heavy atom. The minimum absolute atomic E-state index is 0.987. The van der Waals surface area contributed by atoms with Crippen molar-refractivity contribution in [3.63, 3.8) is 0 Å². The number of hydrogen-bond acceptors (Lipinski definition) is 4. The van der Waals surface area contributed by atoms with Gasteiger partial charge in [-0.25, -0.2) is 9.97 Å². The van der Waals surface area contributed by atoms with Gasteiger partial charge in [0.05, 0.1) is 0 Å². The first-order chi connectivity index (χ1) is 7.40. The first-order valence-electron chi connectivity index (χ1n) is 5.46. The van der Waals surface area contributed by atoms with Crippen LogP contribution in [0.3, 0.4) is 0 Å². The number of nitrogens with one attached hydrogen (secondary N) is 1. The third-order valence-electron chi connectivity index (χ3n) is 2.57. The Bertz CT molecular complexity index is 328. The second kappa shape index (κ2) is 5.47. The summed E-state index contributed by atoms with van der Waals surface area (Å²) < 4.78 is 0. The maximum Gasteiger partial charge on any atom is 0.128 e. The van der Waals surface area contributed by atoms with E-state index < -0.39 is 0 Å². The average molecular weight is 223 g/mol. The van der Waals surface area contributed by atoms with Crippen molar-refractivity contribution < 1.29 is 0 Å². The van der Waals surface area contributed by atoms with Gasteiger partial charge in [-0.1, -0.05) is 0 Å². The molecule has 0 unspecified atom stereocenters. The highest BCUT2D eigenvalue weighted by Gasteiger charge is 2.11. The first kappa shape index (κ1) is 10.9. The highest BCUT2D eigenvalue weighted by atomic mass is 32.2. The number of thioether (sulfide) groups is 1. The summed E-state index contributed by atoms with van der Waals surface area (Å²) >= 11 is 1.97. The molecule has 1 aromatic heterocycles. The van der Waals surface area contributed by atoms with Gasteiger partial charge in [0.15, 0.2) is 0 Å². The molecule has 1 aliphatic heterocycles. The summed E-state index contributed by atoms with van der Waals surface area (Å²) in [5.74, 6) is 3.31. The Labute approximate surface area is 95.1 Å². The van der Waals surface area contributed by atoms with Gasteiger partial charge in [0.1, 0.15) is 5.82 Å². The zero-order chi connectivity index (χ0) is 10.5. The predicted molar refractivity (Wildman–Crippen MR) is 64.1 cm³/mol. The standard InChI is InChI=1S/C11H17N3S/c1-12-5-2-3-11-13-7-9-8-15-6-4-10(9)14-11/h7,12H,2-6,8H2,1H3. The van der Waals surface area contributed by atoms with E-state index in [1.54, 1.807) is 0 Å². The fourth-order valence-corrected chi connectivity index (χ4v) is 2.66. The highest BCUT2D eigenvalue weighted by molar-refractivity contribution is 7.98. The number of rotatable bonds is 4. The van der Waals surface area contributed by atoms with Gasteiger partial charge < -0.3 is 5.32 Å². The lowest BCUT2D eigenvalue weighted by molar-refractivity contribution is 0.696. The third-order valence-corrected chi connectivity index (χ3v) is 3.58. The monoisotopic (exact) mass is 223 g/mol. The number of hydrogen-bond donors (Lipinski definition) is 1. The molecule has 1 N–H and O–H groups in total. The molecule has 0 saturated heterocycles. The molecule has 1 aliphatic rings. The van der Waals surface area contributed by atoms with Gasteiger partial charge in [-0.15, -0.1) is 0 Å². The Balaban J connectivity index is 2.00. The summed E-state index contributed by atoms with van der Waals surface area (Å²) in [6, 6.07) is 0. The van der Waals surface area contributed by atoms with E-state index in [1.165, 1.54) is 17.0 Å². The van der Waals surface area contributed by atoms with Crippen LogP contribution in [0.4, 0.5) is 0 Å². The summed E-state index contributed by atoms with van der Waals surface area (Å²) in [6.45, 7) is 1.04. The van der Waals surface area contributed by atoms with Gasteiger partial charge in [0.25, 0.3) is 0 Å². The van der Waals surface area contributed by atoms with E-state index in [-0.39, 0.29) is 0 Å². The van der Waals surface area contributed by atoms with Gasteiger partial charge in [-0.05, 0) is 32.2 Å². The van der Waals surface area contributed by atoms with Crippen molar-refractivity contribution >= 4 is 11.8 Å². The molecule has 0 fully saturated rings. The van der Waals surface area contributed by atoms with Gasteiger partial charge in [-0.2, -0.15) is 11.8 Å². The molecule has 2 heterocycles. The van der Waals surface area contributed by atoms with Crippen LogP contribution in [0.5, 0.6) is 0 Å². The van der Waals surface area contributed by atoms with Crippen molar-refractivity contribution in [2.45, 2.75) is 25.0 Å². The number of nitrogens with zero attached hydrogens (tertiary/aromatic N) is 2. The quantitative estimate of drug-likeness (QED) is 0.783. The molecule has 0 aliphatic carbocycles. The van der Waals surface area contributed by atoms with Gasteiger partial charge in [0.2, 0.25) is 0 Å². The predicted octanol–water partition coefficient (Wildman–Crippen LogP) is 1.42. The van der Waals surface area contributed by atoms with Crippen LogP contribution < -0.4 is 5.32 Å². The van der Waals surface area contributed by atoms with Crippen LogP contribution in [0.15, 0.2) is 6.20 Å². The lowest BCUT2D eigenvalue weighted by Gasteiger charge is -2.14. The van der Waals surface area contributed by atoms with Crippen LogP contribution in [-0.2, 0) is 18.6 Å². The Morgan fingerprint density at radius 2 is 2.47 bits per heavy atom. The second-order valence-corrected chi connectivity index (χ2v) is 4.87. The summed E-state index contributed by atoms with van der Waals surface area (Å²) in [7, 11) is 1.98. The minimum atomic E-state index is 0.987. The lowest BCUT2D eigenvalue weighted by atomic mass is 10.2. The van der Waals surface area contributed by atoms with E-state index >= 15 is 0 Å². The van der Waals surface area contributed by atoms with E-state index in [0.29, 0.717) is 0 Å². The van der Waals surface area contributed by atoms with Gasteiger partial charge >= 0.3 is 0 Å². The average Bonchev–Trinajstić information content (AvgIpc) is 2.29. The Morgan fingerprint density at radius 3 is 3.33 bits per heavy atom. The summed E-state index contributed by atoms with van der Waals surface area (Å²) in [6.07, 6.45) is 5.23. The van der Waals surface area contributed by atoms with E-state index in [0.717, 1.165) is 37.4 Å².